The van der Waals surface area contributed by atoms with Crippen molar-refractivity contribution in [2.45, 2.75) is 20.8 Å². The highest BCUT2D eigenvalue weighted by molar-refractivity contribution is 9.10. The van der Waals surface area contributed by atoms with Gasteiger partial charge in [-0.3, -0.25) is 14.4 Å². The number of halogens is 1. The lowest BCUT2D eigenvalue weighted by atomic mass is 10.1. The monoisotopic (exact) mass is 566 g/mol. The number of ether oxygens (including phenoxy) is 2. The molecule has 0 saturated carbocycles. The van der Waals surface area contributed by atoms with Crippen LogP contribution in [0.2, 0.25) is 0 Å². The fourth-order valence-corrected chi connectivity index (χ4v) is 3.70. The third-order valence-corrected chi connectivity index (χ3v) is 5.58. The maximum absolute atomic E-state index is 12.5. The minimum Gasteiger partial charge on any atom is -0.492 e. The highest BCUT2D eigenvalue weighted by Crippen LogP contribution is 2.24. The Balaban J connectivity index is 1.60. The lowest BCUT2D eigenvalue weighted by Crippen LogP contribution is -2.32. The van der Waals surface area contributed by atoms with Crippen LogP contribution in [0.4, 0.5) is 11.4 Å². The number of amides is 3. The van der Waals surface area contributed by atoms with E-state index in [1.165, 1.54) is 6.21 Å². The van der Waals surface area contributed by atoms with Crippen LogP contribution < -0.4 is 25.5 Å². The number of carbonyl (C=O) groups excluding carboxylic acids is 3. The number of rotatable bonds is 9. The van der Waals surface area contributed by atoms with E-state index in [4.69, 9.17) is 9.47 Å². The first-order valence-corrected chi connectivity index (χ1v) is 12.2. The van der Waals surface area contributed by atoms with E-state index in [1.54, 1.807) is 42.5 Å². The lowest BCUT2D eigenvalue weighted by Gasteiger charge is -2.13. The topological polar surface area (TPSA) is 118 Å². The van der Waals surface area contributed by atoms with Crippen LogP contribution in [0.3, 0.4) is 0 Å². The second kappa shape index (κ2) is 13.2. The zero-order valence-electron chi connectivity index (χ0n) is 20.6. The molecule has 0 aliphatic carbocycles. The Hall–Kier alpha value is -4.18. The average Bonchev–Trinajstić information content (AvgIpc) is 2.87. The van der Waals surface area contributed by atoms with Gasteiger partial charge in [0.25, 0.3) is 5.91 Å². The van der Waals surface area contributed by atoms with Crippen molar-refractivity contribution in [2.24, 2.45) is 5.10 Å². The summed E-state index contributed by atoms with van der Waals surface area (Å²) in [7, 11) is 0. The molecule has 10 heteroatoms. The predicted molar refractivity (Wildman–Crippen MR) is 146 cm³/mol. The van der Waals surface area contributed by atoms with Gasteiger partial charge < -0.3 is 20.1 Å². The second-order valence-corrected chi connectivity index (χ2v) is 8.78. The molecular formula is C27H27BrN4O5. The molecule has 3 rings (SSSR count). The Labute approximate surface area is 223 Å². The molecule has 0 aliphatic heterocycles. The summed E-state index contributed by atoms with van der Waals surface area (Å²) in [5.41, 5.74) is 5.69. The van der Waals surface area contributed by atoms with Crippen LogP contribution in [0.5, 0.6) is 11.5 Å². The normalized spacial score (nSPS) is 10.6. The zero-order chi connectivity index (χ0) is 26.8. The van der Waals surface area contributed by atoms with Crippen molar-refractivity contribution in [3.05, 3.63) is 81.8 Å². The molecule has 0 bridgehead atoms. The highest BCUT2D eigenvalue weighted by Gasteiger charge is 2.15. The summed E-state index contributed by atoms with van der Waals surface area (Å²) in [6.07, 6.45) is 1.32. The molecule has 3 N–H and O–H groups in total. The van der Waals surface area contributed by atoms with Gasteiger partial charge in [0.05, 0.1) is 18.5 Å². The van der Waals surface area contributed by atoms with E-state index in [1.807, 2.05) is 39.0 Å². The van der Waals surface area contributed by atoms with Crippen LogP contribution in [0.15, 0.2) is 70.2 Å². The van der Waals surface area contributed by atoms with Crippen LogP contribution >= 0.6 is 15.9 Å². The van der Waals surface area contributed by atoms with Crippen LogP contribution in [0, 0.1) is 13.8 Å². The Bertz CT molecular complexity index is 1310. The Kier molecular flexibility index (Phi) is 9.79. The number of hydrogen-bond acceptors (Lipinski definition) is 6. The number of carbonyl (C=O) groups is 3. The Morgan fingerprint density at radius 2 is 1.62 bits per heavy atom. The van der Waals surface area contributed by atoms with Crippen molar-refractivity contribution in [2.75, 3.05) is 23.8 Å². The average molecular weight is 567 g/mol. The van der Waals surface area contributed by atoms with Crippen molar-refractivity contribution in [1.82, 2.24) is 5.43 Å². The number of hydrogen-bond donors (Lipinski definition) is 3. The number of nitrogens with zero attached hydrogens (tertiary/aromatic N) is 1. The van der Waals surface area contributed by atoms with Gasteiger partial charge in [0.2, 0.25) is 0 Å². The molecule has 0 aliphatic rings. The standard InChI is InChI=1S/C27H27BrN4O5/c1-4-36-23-11-6-5-10-21(23)30-26(34)27(35)32-29-15-19-14-20(28)12-13-22(19)37-16-24(33)31-25-17(2)8-7-9-18(25)3/h5-15H,4,16H2,1-3H3,(H,30,34)(H,31,33)(H,32,35)/b29-15-. The number of benzene rings is 3. The van der Waals surface area contributed by atoms with Crippen molar-refractivity contribution < 1.29 is 23.9 Å². The van der Waals surface area contributed by atoms with Gasteiger partial charge in [0.15, 0.2) is 6.61 Å². The van der Waals surface area contributed by atoms with E-state index < -0.39 is 11.8 Å². The SMILES string of the molecule is CCOc1ccccc1NC(=O)C(=O)N/N=C\c1cc(Br)ccc1OCC(=O)Nc1c(C)cccc1C. The van der Waals surface area contributed by atoms with Gasteiger partial charge in [-0.1, -0.05) is 46.3 Å². The third-order valence-electron chi connectivity index (χ3n) is 5.09. The number of para-hydroxylation sites is 3. The maximum Gasteiger partial charge on any atom is 0.329 e. The fraction of sp³-hybridized carbons (Fsp3) is 0.185. The summed E-state index contributed by atoms with van der Waals surface area (Å²) in [6.45, 7) is 5.83. The largest absolute Gasteiger partial charge is 0.492 e. The highest BCUT2D eigenvalue weighted by atomic mass is 79.9. The molecule has 0 spiro atoms. The lowest BCUT2D eigenvalue weighted by molar-refractivity contribution is -0.136. The van der Waals surface area contributed by atoms with Gasteiger partial charge in [0.1, 0.15) is 11.5 Å². The number of nitrogens with one attached hydrogen (secondary N) is 3. The first-order valence-electron chi connectivity index (χ1n) is 11.4. The fourth-order valence-electron chi connectivity index (χ4n) is 3.32. The molecule has 0 saturated heterocycles. The number of aryl methyl sites for hydroxylation is 2. The molecule has 0 atom stereocenters. The third kappa shape index (κ3) is 7.91. The van der Waals surface area contributed by atoms with Crippen LogP contribution in [-0.4, -0.2) is 37.1 Å². The molecule has 37 heavy (non-hydrogen) atoms. The van der Waals surface area contributed by atoms with Crippen LogP contribution in [-0.2, 0) is 14.4 Å². The van der Waals surface area contributed by atoms with Crippen LogP contribution in [0.25, 0.3) is 0 Å². The second-order valence-electron chi connectivity index (χ2n) is 7.87. The summed E-state index contributed by atoms with van der Waals surface area (Å²) in [4.78, 5) is 37.0. The molecule has 3 amide bonds. The summed E-state index contributed by atoms with van der Waals surface area (Å²) >= 11 is 3.38. The van der Waals surface area contributed by atoms with Crippen molar-refractivity contribution in [3.8, 4) is 11.5 Å². The Morgan fingerprint density at radius 3 is 2.35 bits per heavy atom. The Morgan fingerprint density at radius 1 is 0.892 bits per heavy atom. The quantitative estimate of drug-likeness (QED) is 0.199. The zero-order valence-corrected chi connectivity index (χ0v) is 22.2. The molecular weight excluding hydrogens is 540 g/mol. The maximum atomic E-state index is 12.5. The van der Waals surface area contributed by atoms with Gasteiger partial charge in [-0.15, -0.1) is 0 Å². The van der Waals surface area contributed by atoms with E-state index >= 15 is 0 Å². The smallest absolute Gasteiger partial charge is 0.329 e. The molecule has 3 aromatic carbocycles. The van der Waals surface area contributed by atoms with E-state index in [0.717, 1.165) is 21.3 Å². The first-order chi connectivity index (χ1) is 17.8. The van der Waals surface area contributed by atoms with Crippen molar-refractivity contribution in [1.29, 1.82) is 0 Å². The molecule has 0 aromatic heterocycles. The van der Waals surface area contributed by atoms with Crippen molar-refractivity contribution >= 4 is 51.2 Å². The molecule has 0 fully saturated rings. The van der Waals surface area contributed by atoms with E-state index in [9.17, 15) is 14.4 Å². The molecule has 3 aromatic rings. The molecule has 0 unspecified atom stereocenters. The van der Waals surface area contributed by atoms with Gasteiger partial charge >= 0.3 is 11.8 Å². The van der Waals surface area contributed by atoms with Gasteiger partial charge in [0, 0.05) is 15.7 Å². The summed E-state index contributed by atoms with van der Waals surface area (Å²) < 4.78 is 11.9. The van der Waals surface area contributed by atoms with E-state index in [-0.39, 0.29) is 12.5 Å². The van der Waals surface area contributed by atoms with Crippen LogP contribution in [0.1, 0.15) is 23.6 Å². The molecule has 0 radical (unpaired) electrons. The molecule has 9 nitrogen and oxygen atoms in total. The van der Waals surface area contributed by atoms with Gasteiger partial charge in [-0.2, -0.15) is 5.10 Å². The van der Waals surface area contributed by atoms with E-state index in [0.29, 0.717) is 29.4 Å². The first kappa shape index (κ1) is 27.4. The van der Waals surface area contributed by atoms with Crippen molar-refractivity contribution in [3.63, 3.8) is 0 Å². The number of hydrazone groups is 1. The summed E-state index contributed by atoms with van der Waals surface area (Å²) in [5, 5.41) is 9.23. The van der Waals surface area contributed by atoms with Gasteiger partial charge in [-0.25, -0.2) is 5.43 Å². The van der Waals surface area contributed by atoms with E-state index in [2.05, 4.69) is 37.1 Å². The van der Waals surface area contributed by atoms with Gasteiger partial charge in [-0.05, 0) is 62.2 Å². The minimum atomic E-state index is -0.965. The minimum absolute atomic E-state index is 0.232. The predicted octanol–water partition coefficient (Wildman–Crippen LogP) is 4.57. The number of anilines is 2. The molecule has 0 heterocycles. The molecule has 192 valence electrons. The summed E-state index contributed by atoms with van der Waals surface area (Å²) in [5.74, 6) is -1.37. The summed E-state index contributed by atoms with van der Waals surface area (Å²) in [6, 6.07) is 17.7.